The SMILES string of the molecule is c1ccc(-c2ccccc2N(c2ccc(-c3ccc4c(-c5ccccc5)c5ccccc5c(-c5ccccc5)c4c3)cc2)c2ccc(N(c3ccccc3)c3ccccc3)cc2)cc1. The second-order valence-corrected chi connectivity index (χ2v) is 16.1. The van der Waals surface area contributed by atoms with Gasteiger partial charge < -0.3 is 9.80 Å². The number of nitrogens with zero attached hydrogens (tertiary/aromatic N) is 2. The van der Waals surface area contributed by atoms with Crippen LogP contribution in [0.4, 0.5) is 34.1 Å². The van der Waals surface area contributed by atoms with Crippen molar-refractivity contribution in [2.45, 2.75) is 0 Å². The number of fused-ring (bicyclic) bond motifs is 2. The van der Waals surface area contributed by atoms with Gasteiger partial charge >= 0.3 is 0 Å². The minimum Gasteiger partial charge on any atom is -0.311 e. The molecule has 0 saturated carbocycles. The highest BCUT2D eigenvalue weighted by Gasteiger charge is 2.21. The van der Waals surface area contributed by atoms with Gasteiger partial charge in [-0.05, 0) is 133 Å². The molecule has 0 aliphatic heterocycles. The van der Waals surface area contributed by atoms with Crippen molar-refractivity contribution in [3.05, 3.63) is 267 Å². The highest BCUT2D eigenvalue weighted by atomic mass is 15.2. The lowest BCUT2D eigenvalue weighted by molar-refractivity contribution is 1.26. The Labute approximate surface area is 375 Å². The van der Waals surface area contributed by atoms with E-state index in [1.54, 1.807) is 0 Å². The third-order valence-corrected chi connectivity index (χ3v) is 12.2. The summed E-state index contributed by atoms with van der Waals surface area (Å²) in [4.78, 5) is 4.69. The van der Waals surface area contributed by atoms with Gasteiger partial charge in [0.2, 0.25) is 0 Å². The summed E-state index contributed by atoms with van der Waals surface area (Å²) in [6, 6.07) is 96.1. The van der Waals surface area contributed by atoms with Crippen LogP contribution in [-0.2, 0) is 0 Å². The second kappa shape index (κ2) is 17.1. The molecule has 0 amide bonds. The minimum absolute atomic E-state index is 1.07. The molecule has 11 aromatic rings. The van der Waals surface area contributed by atoms with Crippen LogP contribution < -0.4 is 9.80 Å². The summed E-state index contributed by atoms with van der Waals surface area (Å²) >= 11 is 0. The van der Waals surface area contributed by atoms with Gasteiger partial charge in [0.25, 0.3) is 0 Å². The van der Waals surface area contributed by atoms with E-state index in [4.69, 9.17) is 0 Å². The van der Waals surface area contributed by atoms with E-state index in [9.17, 15) is 0 Å². The van der Waals surface area contributed by atoms with Crippen LogP contribution in [0.25, 0.3) is 66.1 Å². The van der Waals surface area contributed by atoms with Gasteiger partial charge in [-0.25, -0.2) is 0 Å². The van der Waals surface area contributed by atoms with Crippen molar-refractivity contribution in [3.8, 4) is 44.5 Å². The molecule has 0 heterocycles. The van der Waals surface area contributed by atoms with Crippen LogP contribution in [-0.4, -0.2) is 0 Å². The lowest BCUT2D eigenvalue weighted by Crippen LogP contribution is -2.12. The molecule has 0 N–H and O–H groups in total. The molecule has 2 nitrogen and oxygen atoms in total. The summed E-state index contributed by atoms with van der Waals surface area (Å²) < 4.78 is 0. The molecular formula is C62H44N2. The molecule has 0 atom stereocenters. The predicted octanol–water partition coefficient (Wildman–Crippen LogP) is 17.6. The van der Waals surface area contributed by atoms with Gasteiger partial charge in [0.15, 0.2) is 0 Å². The molecule has 0 unspecified atom stereocenters. The maximum Gasteiger partial charge on any atom is 0.0540 e. The topological polar surface area (TPSA) is 6.48 Å². The van der Waals surface area contributed by atoms with E-state index in [1.807, 2.05) is 0 Å². The molecule has 0 spiro atoms. The largest absolute Gasteiger partial charge is 0.311 e. The van der Waals surface area contributed by atoms with Crippen LogP contribution in [0.15, 0.2) is 267 Å². The van der Waals surface area contributed by atoms with Crippen molar-refractivity contribution in [1.82, 2.24) is 0 Å². The summed E-state index contributed by atoms with van der Waals surface area (Å²) in [5.41, 5.74) is 16.2. The Bertz CT molecular complexity index is 3290. The Hall–Kier alpha value is -8.46. The van der Waals surface area contributed by atoms with Crippen molar-refractivity contribution in [3.63, 3.8) is 0 Å². The van der Waals surface area contributed by atoms with Crippen molar-refractivity contribution in [2.24, 2.45) is 0 Å². The fourth-order valence-corrected chi connectivity index (χ4v) is 9.30. The van der Waals surface area contributed by atoms with E-state index in [2.05, 4.69) is 277 Å². The zero-order chi connectivity index (χ0) is 42.7. The Kier molecular flexibility index (Phi) is 10.3. The molecular weight excluding hydrogens is 773 g/mol. The Morgan fingerprint density at radius 3 is 1.09 bits per heavy atom. The van der Waals surface area contributed by atoms with E-state index < -0.39 is 0 Å². The average Bonchev–Trinajstić information content (AvgIpc) is 3.38. The molecule has 0 saturated heterocycles. The van der Waals surface area contributed by atoms with Crippen molar-refractivity contribution >= 4 is 55.7 Å². The van der Waals surface area contributed by atoms with Crippen LogP contribution in [0.2, 0.25) is 0 Å². The van der Waals surface area contributed by atoms with E-state index in [-0.39, 0.29) is 0 Å². The van der Waals surface area contributed by atoms with Gasteiger partial charge in [0.1, 0.15) is 0 Å². The summed E-state index contributed by atoms with van der Waals surface area (Å²) in [7, 11) is 0. The minimum atomic E-state index is 1.07. The quantitative estimate of drug-likeness (QED) is 0.127. The molecule has 0 radical (unpaired) electrons. The van der Waals surface area contributed by atoms with Gasteiger partial charge in [-0.15, -0.1) is 0 Å². The first kappa shape index (κ1) is 38.5. The molecule has 0 aromatic heterocycles. The van der Waals surface area contributed by atoms with Crippen molar-refractivity contribution in [2.75, 3.05) is 9.80 Å². The maximum absolute atomic E-state index is 2.40. The third-order valence-electron chi connectivity index (χ3n) is 12.2. The summed E-state index contributed by atoms with van der Waals surface area (Å²) in [5.74, 6) is 0. The molecule has 11 aromatic carbocycles. The van der Waals surface area contributed by atoms with E-state index in [0.717, 1.165) is 45.3 Å². The molecule has 0 aliphatic rings. The first-order valence-electron chi connectivity index (χ1n) is 21.9. The average molecular weight is 817 g/mol. The van der Waals surface area contributed by atoms with Gasteiger partial charge in [-0.2, -0.15) is 0 Å². The van der Waals surface area contributed by atoms with Crippen LogP contribution in [0.1, 0.15) is 0 Å². The first-order valence-corrected chi connectivity index (χ1v) is 21.9. The third kappa shape index (κ3) is 7.27. The second-order valence-electron chi connectivity index (χ2n) is 16.1. The Morgan fingerprint density at radius 1 is 0.203 bits per heavy atom. The zero-order valence-corrected chi connectivity index (χ0v) is 35.3. The number of hydrogen-bond acceptors (Lipinski definition) is 2. The molecule has 11 rings (SSSR count). The Morgan fingerprint density at radius 2 is 0.562 bits per heavy atom. The predicted molar refractivity (Wildman–Crippen MR) is 273 cm³/mol. The highest BCUT2D eigenvalue weighted by molar-refractivity contribution is 6.22. The number of rotatable bonds is 10. The van der Waals surface area contributed by atoms with E-state index in [0.29, 0.717) is 0 Å². The zero-order valence-electron chi connectivity index (χ0n) is 35.3. The van der Waals surface area contributed by atoms with Crippen LogP contribution in [0.3, 0.4) is 0 Å². The van der Waals surface area contributed by atoms with Crippen LogP contribution >= 0.6 is 0 Å². The Balaban J connectivity index is 1.05. The highest BCUT2D eigenvalue weighted by Crippen LogP contribution is 2.46. The van der Waals surface area contributed by atoms with Crippen LogP contribution in [0.5, 0.6) is 0 Å². The molecule has 64 heavy (non-hydrogen) atoms. The fraction of sp³-hybridized carbons (Fsp3) is 0. The lowest BCUT2D eigenvalue weighted by Gasteiger charge is -2.29. The molecule has 0 aliphatic carbocycles. The first-order chi connectivity index (χ1) is 31.8. The number of hydrogen-bond donors (Lipinski definition) is 0. The molecule has 302 valence electrons. The number of benzene rings is 11. The van der Waals surface area contributed by atoms with E-state index >= 15 is 0 Å². The maximum atomic E-state index is 2.40. The lowest BCUT2D eigenvalue weighted by atomic mass is 9.85. The fourth-order valence-electron chi connectivity index (χ4n) is 9.30. The monoisotopic (exact) mass is 816 g/mol. The summed E-state index contributed by atoms with van der Waals surface area (Å²) in [6.07, 6.45) is 0. The van der Waals surface area contributed by atoms with Crippen molar-refractivity contribution < 1.29 is 0 Å². The number of anilines is 6. The van der Waals surface area contributed by atoms with Gasteiger partial charge in [0, 0.05) is 34.0 Å². The van der Waals surface area contributed by atoms with Crippen LogP contribution in [0, 0.1) is 0 Å². The molecule has 0 fully saturated rings. The standard InChI is InChI=1S/C62H44N2/c1-6-20-46(21-7-1)55-30-18-19-33-60(55)64(54-41-39-52(40-42-54)63(50-26-12-4-13-27-50)51-28-14-5-15-29-51)53-37-34-45(35-38-53)49-36-43-58-59(44-49)62(48-24-10-3-11-25-48)57-32-17-16-31-56(57)61(58)47-22-8-2-9-23-47/h1-44H. The van der Waals surface area contributed by atoms with E-state index in [1.165, 1.54) is 54.9 Å². The van der Waals surface area contributed by atoms with Crippen molar-refractivity contribution in [1.29, 1.82) is 0 Å². The van der Waals surface area contributed by atoms with Gasteiger partial charge in [0.05, 0.1) is 5.69 Å². The smallest absolute Gasteiger partial charge is 0.0540 e. The van der Waals surface area contributed by atoms with Gasteiger partial charge in [-0.1, -0.05) is 194 Å². The summed E-state index contributed by atoms with van der Waals surface area (Å²) in [6.45, 7) is 0. The molecule has 0 bridgehead atoms. The van der Waals surface area contributed by atoms with Gasteiger partial charge in [-0.3, -0.25) is 0 Å². The number of para-hydroxylation sites is 3. The molecule has 2 heteroatoms. The summed E-state index contributed by atoms with van der Waals surface area (Å²) in [5, 5.41) is 4.99. The normalized spacial score (nSPS) is 11.1.